The topological polar surface area (TPSA) is 42.0 Å². The molecule has 1 spiro atoms. The van der Waals surface area contributed by atoms with Crippen molar-refractivity contribution in [1.29, 1.82) is 0 Å². The van der Waals surface area contributed by atoms with Crippen molar-refractivity contribution >= 4 is 5.91 Å². The fourth-order valence-electron chi connectivity index (χ4n) is 3.62. The van der Waals surface area contributed by atoms with Crippen LogP contribution in [0.4, 0.5) is 0 Å². The van der Waals surface area contributed by atoms with Crippen LogP contribution in [0, 0.1) is 0 Å². The number of methoxy groups -OCH3 is 1. The van der Waals surface area contributed by atoms with E-state index in [9.17, 15) is 4.79 Å². The summed E-state index contributed by atoms with van der Waals surface area (Å²) >= 11 is 0. The summed E-state index contributed by atoms with van der Waals surface area (Å²) in [4.78, 5) is 17.0. The fourth-order valence-corrected chi connectivity index (χ4v) is 3.62. The van der Waals surface area contributed by atoms with E-state index < -0.39 is 0 Å². The number of nitrogens with zero attached hydrogens (tertiary/aromatic N) is 2. The van der Waals surface area contributed by atoms with Gasteiger partial charge in [-0.25, -0.2) is 0 Å². The molecule has 126 valence electrons. The van der Waals surface area contributed by atoms with Gasteiger partial charge in [0.15, 0.2) is 0 Å². The molecule has 0 N–H and O–H groups in total. The Hall–Kier alpha value is -1.59. The molecule has 0 unspecified atom stereocenters. The summed E-state index contributed by atoms with van der Waals surface area (Å²) in [5.74, 6) is 0.879. The average Bonchev–Trinajstić information content (AvgIpc) is 2.77. The summed E-state index contributed by atoms with van der Waals surface area (Å²) in [7, 11) is 3.78. The maximum Gasteiger partial charge on any atom is 0.253 e. The molecule has 5 heteroatoms. The fraction of sp³-hybridized carbons (Fsp3) is 0.611. The second-order valence-electron chi connectivity index (χ2n) is 6.64. The van der Waals surface area contributed by atoms with E-state index in [0.29, 0.717) is 0 Å². The van der Waals surface area contributed by atoms with Crippen molar-refractivity contribution in [3.8, 4) is 5.75 Å². The molecular formula is C18H26N2O3. The lowest BCUT2D eigenvalue weighted by Crippen LogP contribution is -2.50. The number of hydrogen-bond donors (Lipinski definition) is 0. The van der Waals surface area contributed by atoms with E-state index in [1.54, 1.807) is 7.11 Å². The minimum Gasteiger partial charge on any atom is -0.497 e. The number of likely N-dealkylation sites (N-methyl/N-ethyl adjacent to an activating group) is 1. The van der Waals surface area contributed by atoms with Gasteiger partial charge < -0.3 is 19.3 Å². The average molecular weight is 318 g/mol. The number of amides is 1. The van der Waals surface area contributed by atoms with Crippen LogP contribution in [0.2, 0.25) is 0 Å². The predicted octanol–water partition coefficient (Wildman–Crippen LogP) is 2.02. The Kier molecular flexibility index (Phi) is 4.87. The van der Waals surface area contributed by atoms with Crippen molar-refractivity contribution < 1.29 is 14.3 Å². The summed E-state index contributed by atoms with van der Waals surface area (Å²) in [6.45, 7) is 4.33. The number of morpholine rings is 1. The van der Waals surface area contributed by atoms with Crippen LogP contribution in [-0.4, -0.2) is 68.3 Å². The van der Waals surface area contributed by atoms with Crippen molar-refractivity contribution in [2.75, 3.05) is 46.9 Å². The van der Waals surface area contributed by atoms with Gasteiger partial charge in [-0.2, -0.15) is 0 Å². The number of likely N-dealkylation sites (tertiary alicyclic amines) is 1. The Labute approximate surface area is 138 Å². The van der Waals surface area contributed by atoms with Crippen LogP contribution in [0.15, 0.2) is 24.3 Å². The van der Waals surface area contributed by atoms with Gasteiger partial charge in [0, 0.05) is 31.7 Å². The highest BCUT2D eigenvalue weighted by Gasteiger charge is 2.37. The van der Waals surface area contributed by atoms with Gasteiger partial charge in [-0.1, -0.05) is 0 Å². The summed E-state index contributed by atoms with van der Waals surface area (Å²) in [6.07, 6.45) is 2.94. The second-order valence-corrected chi connectivity index (χ2v) is 6.64. The van der Waals surface area contributed by atoms with Crippen molar-refractivity contribution in [1.82, 2.24) is 9.80 Å². The van der Waals surface area contributed by atoms with Crippen molar-refractivity contribution in [2.45, 2.75) is 24.9 Å². The lowest BCUT2D eigenvalue weighted by atomic mass is 9.93. The van der Waals surface area contributed by atoms with Crippen molar-refractivity contribution in [3.63, 3.8) is 0 Å². The number of hydrogen-bond acceptors (Lipinski definition) is 4. The molecule has 2 saturated heterocycles. The summed E-state index contributed by atoms with van der Waals surface area (Å²) < 4.78 is 11.3. The van der Waals surface area contributed by atoms with Crippen LogP contribution in [-0.2, 0) is 4.74 Å². The molecule has 0 bridgehead atoms. The molecule has 2 heterocycles. The molecule has 2 aliphatic heterocycles. The monoisotopic (exact) mass is 318 g/mol. The molecule has 23 heavy (non-hydrogen) atoms. The Morgan fingerprint density at radius 3 is 2.65 bits per heavy atom. The molecule has 5 nitrogen and oxygen atoms in total. The largest absolute Gasteiger partial charge is 0.497 e. The first kappa shape index (κ1) is 16.3. The molecule has 1 aromatic rings. The molecular weight excluding hydrogens is 292 g/mol. The van der Waals surface area contributed by atoms with E-state index >= 15 is 0 Å². The minimum atomic E-state index is -0.0675. The predicted molar refractivity (Wildman–Crippen MR) is 88.9 cm³/mol. The summed E-state index contributed by atoms with van der Waals surface area (Å²) in [5.41, 5.74) is 0.658. The quantitative estimate of drug-likeness (QED) is 0.837. The van der Waals surface area contributed by atoms with Crippen molar-refractivity contribution in [3.05, 3.63) is 29.8 Å². The molecule has 1 amide bonds. The zero-order chi connectivity index (χ0) is 16.3. The highest BCUT2D eigenvalue weighted by Crippen LogP contribution is 2.30. The Bertz CT molecular complexity index is 546. The molecule has 3 rings (SSSR count). The van der Waals surface area contributed by atoms with Crippen LogP contribution in [0.25, 0.3) is 0 Å². The van der Waals surface area contributed by atoms with Gasteiger partial charge in [0.2, 0.25) is 0 Å². The van der Waals surface area contributed by atoms with Crippen LogP contribution in [0.3, 0.4) is 0 Å². The van der Waals surface area contributed by atoms with Crippen LogP contribution < -0.4 is 4.74 Å². The van der Waals surface area contributed by atoms with Crippen molar-refractivity contribution in [2.24, 2.45) is 0 Å². The molecule has 1 aromatic carbocycles. The third-order valence-corrected chi connectivity index (χ3v) is 4.96. The smallest absolute Gasteiger partial charge is 0.253 e. The first-order valence-electron chi connectivity index (χ1n) is 8.38. The van der Waals surface area contributed by atoms with Gasteiger partial charge in [0.25, 0.3) is 5.91 Å². The first-order chi connectivity index (χ1) is 11.1. The first-order valence-corrected chi connectivity index (χ1v) is 8.38. The lowest BCUT2D eigenvalue weighted by molar-refractivity contribution is -0.110. The van der Waals surface area contributed by atoms with E-state index in [4.69, 9.17) is 9.47 Å². The molecule has 2 fully saturated rings. The normalized spacial score (nSPS) is 26.1. The van der Waals surface area contributed by atoms with Gasteiger partial charge >= 0.3 is 0 Å². The minimum absolute atomic E-state index is 0.0675. The molecule has 0 aliphatic carbocycles. The van der Waals surface area contributed by atoms with Gasteiger partial charge in [-0.15, -0.1) is 0 Å². The number of benzene rings is 1. The number of rotatable bonds is 2. The molecule has 0 saturated carbocycles. The molecule has 2 aliphatic rings. The Balaban J connectivity index is 1.66. The molecule has 0 radical (unpaired) electrons. The Morgan fingerprint density at radius 2 is 1.96 bits per heavy atom. The van der Waals surface area contributed by atoms with Gasteiger partial charge in [-0.05, 0) is 50.6 Å². The van der Waals surface area contributed by atoms with Gasteiger partial charge in [0.1, 0.15) is 5.75 Å². The summed E-state index contributed by atoms with van der Waals surface area (Å²) in [5, 5.41) is 0. The van der Waals surface area contributed by atoms with Crippen LogP contribution in [0.5, 0.6) is 5.75 Å². The molecule has 1 atom stereocenters. The van der Waals surface area contributed by atoms with E-state index in [0.717, 1.165) is 63.4 Å². The van der Waals surface area contributed by atoms with Crippen LogP contribution in [0.1, 0.15) is 29.6 Å². The highest BCUT2D eigenvalue weighted by atomic mass is 16.5. The number of carbonyl (C=O) groups is 1. The highest BCUT2D eigenvalue weighted by molar-refractivity contribution is 5.94. The standard InChI is InChI=1S/C18H26N2O3/c1-19-12-13-23-18(14-19)8-3-10-20(11-9-18)17(21)15-4-6-16(22-2)7-5-15/h4-7H,3,8-14H2,1-2H3/t18-/m1/s1. The number of ether oxygens (including phenoxy) is 2. The van der Waals surface area contributed by atoms with Crippen LogP contribution >= 0.6 is 0 Å². The third-order valence-electron chi connectivity index (χ3n) is 4.96. The van der Waals surface area contributed by atoms with E-state index in [-0.39, 0.29) is 11.5 Å². The second kappa shape index (κ2) is 6.89. The SMILES string of the molecule is COc1ccc(C(=O)N2CCC[C@@]3(CC2)CN(C)CCO3)cc1. The maximum absolute atomic E-state index is 12.7. The molecule has 0 aromatic heterocycles. The number of carbonyl (C=O) groups excluding carboxylic acids is 1. The van der Waals surface area contributed by atoms with Gasteiger partial charge in [-0.3, -0.25) is 4.79 Å². The third kappa shape index (κ3) is 3.67. The Morgan fingerprint density at radius 1 is 1.17 bits per heavy atom. The zero-order valence-corrected chi connectivity index (χ0v) is 14.1. The maximum atomic E-state index is 12.7. The van der Waals surface area contributed by atoms with E-state index in [1.807, 2.05) is 29.2 Å². The summed E-state index contributed by atoms with van der Waals surface area (Å²) in [6, 6.07) is 7.36. The zero-order valence-electron chi connectivity index (χ0n) is 14.1. The lowest BCUT2D eigenvalue weighted by Gasteiger charge is -2.41. The van der Waals surface area contributed by atoms with Gasteiger partial charge in [0.05, 0.1) is 19.3 Å². The van der Waals surface area contributed by atoms with E-state index in [1.165, 1.54) is 0 Å². The van der Waals surface area contributed by atoms with E-state index in [2.05, 4.69) is 11.9 Å².